The van der Waals surface area contributed by atoms with Gasteiger partial charge in [0.1, 0.15) is 12.7 Å². The summed E-state index contributed by atoms with van der Waals surface area (Å²) in [5.74, 6) is 0.650. The minimum absolute atomic E-state index is 0.0280. The van der Waals surface area contributed by atoms with Crippen molar-refractivity contribution in [3.63, 3.8) is 0 Å². The fraction of sp³-hybridized carbons (Fsp3) is 0.0889. The van der Waals surface area contributed by atoms with Crippen molar-refractivity contribution in [1.29, 1.82) is 0 Å². The van der Waals surface area contributed by atoms with Crippen LogP contribution in [0.25, 0.3) is 32.9 Å². The average molecular weight is 782 g/mol. The van der Waals surface area contributed by atoms with Gasteiger partial charge < -0.3 is 9.80 Å². The summed E-state index contributed by atoms with van der Waals surface area (Å²) in [6.45, 7) is 2.23. The summed E-state index contributed by atoms with van der Waals surface area (Å²) >= 11 is 2.39. The van der Waals surface area contributed by atoms with Gasteiger partial charge in [-0.15, -0.1) is 0 Å². The summed E-state index contributed by atoms with van der Waals surface area (Å²) in [6.07, 6.45) is 6.62. The van der Waals surface area contributed by atoms with Crippen LogP contribution in [0.4, 0.5) is 34.1 Å². The first-order valence-electron chi connectivity index (χ1n) is 18.0. The third-order valence-electron chi connectivity index (χ3n) is 10.7. The second kappa shape index (κ2) is 12.6. The van der Waals surface area contributed by atoms with Crippen LogP contribution in [-0.4, -0.2) is 21.7 Å². The number of anilines is 6. The maximum atomic E-state index is 4.67. The molecule has 52 heavy (non-hydrogen) atoms. The lowest BCUT2D eigenvalue weighted by Crippen LogP contribution is -2.61. The molecule has 8 aromatic rings. The molecular formula is C45H33BIN5. The molecule has 0 saturated heterocycles. The zero-order chi connectivity index (χ0) is 34.8. The van der Waals surface area contributed by atoms with Crippen LogP contribution in [0.3, 0.4) is 0 Å². The van der Waals surface area contributed by atoms with Crippen molar-refractivity contribution < 1.29 is 0 Å². The SMILES string of the molecule is CCCCc1ccc(N2c3cc(-c4ncncn4)cc4c3B(c3c(ccc5ccccc35)N4c3ccc(I)cc3)c3c2ccc2ccccc32)cc1. The maximum Gasteiger partial charge on any atom is 0.253 e. The lowest BCUT2D eigenvalue weighted by molar-refractivity contribution is 0.795. The summed E-state index contributed by atoms with van der Waals surface area (Å²) in [5.41, 5.74) is 13.1. The quantitative estimate of drug-likeness (QED) is 0.124. The summed E-state index contributed by atoms with van der Waals surface area (Å²) in [5, 5.41) is 5.02. The van der Waals surface area contributed by atoms with E-state index in [1.165, 1.54) is 71.3 Å². The number of nitrogens with zero attached hydrogens (tertiary/aromatic N) is 5. The standard InChI is InChI=1S/C45H33BIN5/c1-2-3-8-29-13-19-34(20-14-29)51-38-23-15-30-9-4-6-11-36(30)42(38)46-43-37-12-7-5-10-31(37)16-24-39(43)52(35-21-17-33(47)18-22-35)41-26-32(25-40(51)44(41)46)45-49-27-48-28-50-45/h4-7,9-28H,2-3,8H2,1H3. The van der Waals surface area contributed by atoms with Gasteiger partial charge in [0.2, 0.25) is 0 Å². The Balaban J connectivity index is 1.36. The largest absolute Gasteiger partial charge is 0.311 e. The molecule has 0 amide bonds. The summed E-state index contributed by atoms with van der Waals surface area (Å²) in [6, 6.07) is 49.6. The van der Waals surface area contributed by atoms with E-state index in [9.17, 15) is 0 Å². The highest BCUT2D eigenvalue weighted by Gasteiger charge is 2.45. The van der Waals surface area contributed by atoms with Gasteiger partial charge in [0.05, 0.1) is 0 Å². The summed E-state index contributed by atoms with van der Waals surface area (Å²) < 4.78 is 1.20. The number of hydrogen-bond acceptors (Lipinski definition) is 5. The van der Waals surface area contributed by atoms with Crippen molar-refractivity contribution in [3.8, 4) is 11.4 Å². The lowest BCUT2D eigenvalue weighted by atomic mass is 9.32. The normalized spacial score (nSPS) is 12.9. The molecule has 248 valence electrons. The zero-order valence-electron chi connectivity index (χ0n) is 28.7. The Morgan fingerprint density at radius 2 is 1.12 bits per heavy atom. The van der Waals surface area contributed by atoms with E-state index in [-0.39, 0.29) is 6.71 Å². The van der Waals surface area contributed by atoms with E-state index in [0.29, 0.717) is 5.82 Å². The molecule has 2 aliphatic rings. The fourth-order valence-corrected chi connectivity index (χ4v) is 8.76. The van der Waals surface area contributed by atoms with Crippen molar-refractivity contribution in [3.05, 3.63) is 155 Å². The Hall–Kier alpha value is -5.54. The Kier molecular flexibility index (Phi) is 7.56. The minimum Gasteiger partial charge on any atom is -0.311 e. The van der Waals surface area contributed by atoms with E-state index in [0.717, 1.165) is 34.7 Å². The molecule has 3 heterocycles. The molecule has 0 spiro atoms. The molecule has 0 atom stereocenters. The van der Waals surface area contributed by atoms with E-state index in [1.807, 2.05) is 0 Å². The topological polar surface area (TPSA) is 45.2 Å². The number of hydrogen-bond donors (Lipinski definition) is 0. The van der Waals surface area contributed by atoms with Gasteiger partial charge in [0, 0.05) is 43.3 Å². The van der Waals surface area contributed by atoms with Gasteiger partial charge in [0.25, 0.3) is 6.71 Å². The number of rotatable bonds is 6. The molecular weight excluding hydrogens is 748 g/mol. The molecule has 2 aliphatic heterocycles. The van der Waals surface area contributed by atoms with E-state index in [1.54, 1.807) is 12.7 Å². The predicted octanol–water partition coefficient (Wildman–Crippen LogP) is 9.87. The van der Waals surface area contributed by atoms with Gasteiger partial charge in [0.15, 0.2) is 5.82 Å². The predicted molar refractivity (Wildman–Crippen MR) is 226 cm³/mol. The molecule has 10 rings (SSSR count). The molecule has 0 fully saturated rings. The van der Waals surface area contributed by atoms with Crippen molar-refractivity contribution in [1.82, 2.24) is 15.0 Å². The van der Waals surface area contributed by atoms with Gasteiger partial charge in [-0.25, -0.2) is 15.0 Å². The van der Waals surface area contributed by atoms with Crippen molar-refractivity contribution in [2.75, 3.05) is 9.80 Å². The summed E-state index contributed by atoms with van der Waals surface area (Å²) in [7, 11) is 0. The van der Waals surface area contributed by atoms with E-state index in [4.69, 9.17) is 0 Å². The molecule has 0 unspecified atom stereocenters. The Morgan fingerprint density at radius 1 is 0.577 bits per heavy atom. The number of unbranched alkanes of at least 4 members (excludes halogenated alkanes) is 1. The van der Waals surface area contributed by atoms with Crippen LogP contribution in [0.2, 0.25) is 0 Å². The first kappa shape index (κ1) is 31.2. The van der Waals surface area contributed by atoms with E-state index in [2.05, 4.69) is 188 Å². The number of fused-ring (bicyclic) bond motifs is 8. The molecule has 0 bridgehead atoms. The average Bonchev–Trinajstić information content (AvgIpc) is 3.20. The van der Waals surface area contributed by atoms with Crippen molar-refractivity contribution in [2.24, 2.45) is 0 Å². The van der Waals surface area contributed by atoms with Gasteiger partial charge in [-0.1, -0.05) is 86.1 Å². The highest BCUT2D eigenvalue weighted by Crippen LogP contribution is 2.47. The zero-order valence-corrected chi connectivity index (χ0v) is 30.8. The number of benzene rings is 7. The van der Waals surface area contributed by atoms with Crippen LogP contribution in [0.1, 0.15) is 25.3 Å². The molecule has 0 N–H and O–H groups in total. The monoisotopic (exact) mass is 781 g/mol. The Bertz CT molecular complexity index is 2640. The van der Waals surface area contributed by atoms with Gasteiger partial charge in [-0.2, -0.15) is 0 Å². The van der Waals surface area contributed by atoms with Crippen molar-refractivity contribution in [2.45, 2.75) is 26.2 Å². The molecule has 7 heteroatoms. The lowest BCUT2D eigenvalue weighted by Gasteiger charge is -2.45. The van der Waals surface area contributed by atoms with Crippen LogP contribution in [0.15, 0.2) is 146 Å². The molecule has 5 nitrogen and oxygen atoms in total. The van der Waals surface area contributed by atoms with Gasteiger partial charge in [-0.3, -0.25) is 0 Å². The van der Waals surface area contributed by atoms with Crippen LogP contribution < -0.4 is 26.2 Å². The maximum absolute atomic E-state index is 4.67. The van der Waals surface area contributed by atoms with E-state index < -0.39 is 0 Å². The molecule has 7 aromatic carbocycles. The highest BCUT2D eigenvalue weighted by atomic mass is 127. The summed E-state index contributed by atoms with van der Waals surface area (Å²) in [4.78, 5) is 18.4. The third-order valence-corrected chi connectivity index (χ3v) is 11.4. The minimum atomic E-state index is -0.0280. The van der Waals surface area contributed by atoms with Gasteiger partial charge in [-0.05, 0) is 140 Å². The number of aryl methyl sites for hydroxylation is 1. The molecule has 0 aliphatic carbocycles. The second-order valence-electron chi connectivity index (χ2n) is 13.7. The molecule has 0 saturated carbocycles. The van der Waals surface area contributed by atoms with Crippen LogP contribution >= 0.6 is 22.6 Å². The first-order chi connectivity index (χ1) is 25.7. The highest BCUT2D eigenvalue weighted by molar-refractivity contribution is 14.1. The van der Waals surface area contributed by atoms with Crippen LogP contribution in [0.5, 0.6) is 0 Å². The number of halogens is 1. The smallest absolute Gasteiger partial charge is 0.253 e. The number of aromatic nitrogens is 3. The third kappa shape index (κ3) is 4.94. The van der Waals surface area contributed by atoms with Crippen LogP contribution in [0, 0.1) is 3.57 Å². The second-order valence-corrected chi connectivity index (χ2v) is 14.9. The first-order valence-corrected chi connectivity index (χ1v) is 19.0. The van der Waals surface area contributed by atoms with E-state index >= 15 is 0 Å². The van der Waals surface area contributed by atoms with Crippen LogP contribution in [-0.2, 0) is 6.42 Å². The Labute approximate surface area is 317 Å². The van der Waals surface area contributed by atoms with Gasteiger partial charge >= 0.3 is 0 Å². The Morgan fingerprint density at radius 3 is 1.67 bits per heavy atom. The fourth-order valence-electron chi connectivity index (χ4n) is 8.40. The molecule has 0 radical (unpaired) electrons. The van der Waals surface area contributed by atoms with Crippen molar-refractivity contribution >= 4 is 101 Å². The molecule has 1 aromatic heterocycles.